The van der Waals surface area contributed by atoms with Crippen molar-refractivity contribution in [3.63, 3.8) is 0 Å². The minimum absolute atomic E-state index is 0. The summed E-state index contributed by atoms with van der Waals surface area (Å²) in [4.78, 5) is 101. The van der Waals surface area contributed by atoms with Crippen molar-refractivity contribution in [2.45, 2.75) is 144 Å². The van der Waals surface area contributed by atoms with Gasteiger partial charge in [-0.25, -0.2) is 74.8 Å². The second-order valence-corrected chi connectivity index (χ2v) is 22.6. The Balaban J connectivity index is 0.000000267. The molecular formula is C76H100N26. The molecule has 26 heteroatoms. The lowest BCUT2D eigenvalue weighted by Crippen LogP contribution is -1.90. The molecule has 0 unspecified atom stereocenters. The predicted molar refractivity (Wildman–Crippen MR) is 422 cm³/mol. The van der Waals surface area contributed by atoms with E-state index in [1.807, 2.05) is 165 Å². The molecule has 0 saturated carbocycles. The minimum Gasteiger partial charge on any atom is -0.342 e. The fourth-order valence-corrected chi connectivity index (χ4v) is 10.6. The summed E-state index contributed by atoms with van der Waals surface area (Å²) in [5.74, 6) is 7.48. The largest absolute Gasteiger partial charge is 0.342 e. The Bertz CT molecular complexity index is 5240. The third kappa shape index (κ3) is 17.0. The molecule has 18 rings (SSSR count). The maximum atomic E-state index is 4.58. The normalized spacial score (nSPS) is 10.3. The lowest BCUT2D eigenvalue weighted by atomic mass is 10.2. The highest BCUT2D eigenvalue weighted by Crippen LogP contribution is 2.27. The van der Waals surface area contributed by atoms with Crippen molar-refractivity contribution in [1.82, 2.24) is 129 Å². The minimum atomic E-state index is 0. The fourth-order valence-electron chi connectivity index (χ4n) is 10.6. The van der Waals surface area contributed by atoms with Gasteiger partial charge in [0.1, 0.15) is 58.4 Å². The average Bonchev–Trinajstić information content (AvgIpc) is 1.63. The number of rotatable bonds is 4. The van der Waals surface area contributed by atoms with Crippen LogP contribution in [-0.2, 0) is 7.05 Å². The molecule has 26 nitrogen and oxygen atoms in total. The van der Waals surface area contributed by atoms with Gasteiger partial charge >= 0.3 is 0 Å². The van der Waals surface area contributed by atoms with Crippen LogP contribution >= 0.6 is 0 Å². The standard InChI is InChI=1S/C15H14N6.3C14H12N6.C9H10N2.10CH4/c1-8-4-5-10(16-7-8)13-18-11-6-12-15(20-14(11)19-13)17-9(2)21(12)3;1-7-3-13(16-6-15-7)14-19-11-4-9-10(5-12(11)20-14)18-8(2)17-9;1-7-3-9(6-15-5-7)12-18-11-4-10-13(17-8(2)16-10)20-14(11)19-12;1-7-4-3-5-9(15-7)12-18-11-6-10-13(17-8(2)16-10)20-14(11)19-12;1-6-3-4-8-9(5-6)11-7(2)10-8;;;;;;;;;;/h4-7H,1-3H3,(H,18,19,20);3-6H,1-2H3,(H,17,18)(H,19,20);2*3-6H,1-2H3,(H2,16,17,18,19,20);3-5H,1-2H3,(H,10,11);10*1H4. The predicted octanol–water partition coefficient (Wildman–Crippen LogP) is 18.6. The van der Waals surface area contributed by atoms with Crippen molar-refractivity contribution in [3.8, 4) is 45.9 Å². The van der Waals surface area contributed by atoms with E-state index in [0.717, 1.165) is 169 Å². The van der Waals surface area contributed by atoms with Gasteiger partial charge in [0, 0.05) is 42.6 Å². The highest BCUT2D eigenvalue weighted by Gasteiger charge is 2.16. The molecule has 2 aromatic carbocycles. The third-order valence-electron chi connectivity index (χ3n) is 15.1. The molecule has 0 radical (unpaired) electrons. The van der Waals surface area contributed by atoms with E-state index in [4.69, 9.17) is 0 Å². The van der Waals surface area contributed by atoms with E-state index in [-0.39, 0.29) is 74.3 Å². The molecule has 8 N–H and O–H groups in total. The van der Waals surface area contributed by atoms with E-state index in [2.05, 4.69) is 144 Å². The highest BCUT2D eigenvalue weighted by molar-refractivity contribution is 5.93. The Morgan fingerprint density at radius 1 is 0.294 bits per heavy atom. The maximum absolute atomic E-state index is 4.58. The molecule has 0 aliphatic carbocycles. The summed E-state index contributed by atoms with van der Waals surface area (Å²) in [5, 5.41) is 0. The molecule has 18 aromatic rings. The van der Waals surface area contributed by atoms with Crippen LogP contribution < -0.4 is 0 Å². The SMILES string of the molecule is C.C.C.C.C.C.C.C.C.C.Cc1cc(-c2nc3cc4nc(C)[nH]c4cc3[nH]2)ncn1.Cc1ccc(-c2nc3nc4nc(C)n(C)c4cc3[nH]2)nc1.Cc1ccc2nc(C)[nH]c2c1.Cc1cccc(-c2nc3nc4nc(C)[nH]c4cc3[nH]2)n1.Cc1cncc(-c2nc3nc4nc(C)[nH]c4cc3[nH]2)c1. The van der Waals surface area contributed by atoms with Gasteiger partial charge in [-0.15, -0.1) is 0 Å². The molecule has 16 aromatic heterocycles. The van der Waals surface area contributed by atoms with Gasteiger partial charge in [-0.3, -0.25) is 9.97 Å². The summed E-state index contributed by atoms with van der Waals surface area (Å²) >= 11 is 0. The molecule has 0 spiro atoms. The van der Waals surface area contributed by atoms with Crippen molar-refractivity contribution in [2.75, 3.05) is 0 Å². The van der Waals surface area contributed by atoms with Crippen LogP contribution in [0.15, 0.2) is 116 Å². The Kier molecular flexibility index (Phi) is 26.9. The molecule has 102 heavy (non-hydrogen) atoms. The Morgan fingerprint density at radius 3 is 1.39 bits per heavy atom. The highest BCUT2D eigenvalue weighted by atomic mass is 15.1. The van der Waals surface area contributed by atoms with Crippen molar-refractivity contribution in [2.24, 2.45) is 7.05 Å². The molecule has 0 atom stereocenters. The van der Waals surface area contributed by atoms with Crippen LogP contribution in [0.5, 0.6) is 0 Å². The molecule has 0 aliphatic heterocycles. The maximum Gasteiger partial charge on any atom is 0.180 e. The number of aromatic nitrogens is 26. The second kappa shape index (κ2) is 33.5. The van der Waals surface area contributed by atoms with E-state index < -0.39 is 0 Å². The van der Waals surface area contributed by atoms with Crippen molar-refractivity contribution >= 4 is 100 Å². The number of hydrogen-bond acceptors (Lipinski definition) is 17. The van der Waals surface area contributed by atoms with Crippen LogP contribution in [0.3, 0.4) is 0 Å². The second-order valence-electron chi connectivity index (χ2n) is 22.6. The number of benzene rings is 2. The summed E-state index contributed by atoms with van der Waals surface area (Å²) in [6.07, 6.45) is 6.99. The monoisotopic (exact) mass is 1380 g/mol. The zero-order chi connectivity index (χ0) is 63.5. The molecular weight excluding hydrogens is 1280 g/mol. The smallest absolute Gasteiger partial charge is 0.180 e. The molecule has 0 bridgehead atoms. The first-order chi connectivity index (χ1) is 44.4. The Morgan fingerprint density at radius 2 is 0.784 bits per heavy atom. The van der Waals surface area contributed by atoms with Crippen LogP contribution in [0.1, 0.15) is 131 Å². The molecule has 0 aliphatic rings. The lowest BCUT2D eigenvalue weighted by Gasteiger charge is -1.96. The van der Waals surface area contributed by atoms with Crippen LogP contribution in [-0.4, -0.2) is 129 Å². The van der Waals surface area contributed by atoms with Crippen LogP contribution in [0.4, 0.5) is 0 Å². The first kappa shape index (κ1) is 82.1. The van der Waals surface area contributed by atoms with E-state index in [0.29, 0.717) is 28.2 Å². The lowest BCUT2D eigenvalue weighted by molar-refractivity contribution is 0.886. The van der Waals surface area contributed by atoms with E-state index in [9.17, 15) is 0 Å². The van der Waals surface area contributed by atoms with Gasteiger partial charge < -0.3 is 44.4 Å². The van der Waals surface area contributed by atoms with Gasteiger partial charge in [0.15, 0.2) is 51.4 Å². The van der Waals surface area contributed by atoms with Gasteiger partial charge in [-0.1, -0.05) is 92.5 Å². The van der Waals surface area contributed by atoms with Crippen molar-refractivity contribution in [1.29, 1.82) is 0 Å². The van der Waals surface area contributed by atoms with Gasteiger partial charge in [-0.05, 0) is 159 Å². The number of hydrogen-bond donors (Lipinski definition) is 8. The van der Waals surface area contributed by atoms with Crippen molar-refractivity contribution < 1.29 is 0 Å². The summed E-state index contributed by atoms with van der Waals surface area (Å²) in [6.45, 7) is 19.7. The first-order valence-electron chi connectivity index (χ1n) is 29.5. The zero-order valence-electron chi connectivity index (χ0n) is 52.0. The number of pyridine rings is 6. The summed E-state index contributed by atoms with van der Waals surface area (Å²) in [7, 11) is 1.98. The van der Waals surface area contributed by atoms with E-state index >= 15 is 0 Å². The van der Waals surface area contributed by atoms with Gasteiger partial charge in [0.2, 0.25) is 0 Å². The van der Waals surface area contributed by atoms with Gasteiger partial charge in [0.25, 0.3) is 0 Å². The number of aromatic amines is 8. The van der Waals surface area contributed by atoms with Crippen LogP contribution in [0, 0.1) is 69.2 Å². The summed E-state index contributed by atoms with van der Waals surface area (Å²) in [6, 6.07) is 30.0. The molecule has 0 fully saturated rings. The van der Waals surface area contributed by atoms with Gasteiger partial charge in [0.05, 0.1) is 66.2 Å². The quantitative estimate of drug-likeness (QED) is 0.0811. The zero-order valence-corrected chi connectivity index (χ0v) is 52.0. The number of aryl methyl sites for hydroxylation is 11. The number of H-pyrrole nitrogens is 8. The first-order valence-corrected chi connectivity index (χ1v) is 29.5. The topological polar surface area (TPSA) is 350 Å². The summed E-state index contributed by atoms with van der Waals surface area (Å²) in [5.41, 5.74) is 24.2. The number of fused-ring (bicyclic) bond motifs is 9. The number of imidazole rings is 9. The van der Waals surface area contributed by atoms with E-state index in [1.165, 1.54) is 5.56 Å². The van der Waals surface area contributed by atoms with Crippen LogP contribution in [0.25, 0.3) is 146 Å². The molecule has 0 saturated heterocycles. The Hall–Kier alpha value is -12.4. The number of nitrogens with one attached hydrogen (secondary N) is 8. The van der Waals surface area contributed by atoms with Gasteiger partial charge in [-0.2, -0.15) is 0 Å². The molecule has 534 valence electrons. The molecule has 0 amide bonds. The van der Waals surface area contributed by atoms with Crippen LogP contribution in [0.2, 0.25) is 0 Å². The fraction of sp³-hybridized carbons (Fsp3) is 0.276. The average molecular weight is 1380 g/mol. The number of nitrogens with zero attached hydrogens (tertiary/aromatic N) is 18. The summed E-state index contributed by atoms with van der Waals surface area (Å²) < 4.78 is 2.02. The Labute approximate surface area is 596 Å². The van der Waals surface area contributed by atoms with E-state index in [1.54, 1.807) is 12.5 Å². The van der Waals surface area contributed by atoms with Crippen molar-refractivity contribution in [3.05, 3.63) is 173 Å². The molecule has 16 heterocycles. The third-order valence-corrected chi connectivity index (χ3v) is 15.1.